The zero-order valence-electron chi connectivity index (χ0n) is 18.3. The Morgan fingerprint density at radius 1 is 1.14 bits per heavy atom. The van der Waals surface area contributed by atoms with Crippen LogP contribution in [0.15, 0.2) is 24.3 Å². The molecule has 1 aromatic heterocycles. The highest BCUT2D eigenvalue weighted by Crippen LogP contribution is 2.35. The van der Waals surface area contributed by atoms with Gasteiger partial charge in [-0.05, 0) is 45.7 Å². The second kappa shape index (κ2) is 7.39. The quantitative estimate of drug-likeness (QED) is 0.851. The number of amides is 1. The van der Waals surface area contributed by atoms with Crippen molar-refractivity contribution in [1.82, 2.24) is 14.5 Å². The summed E-state index contributed by atoms with van der Waals surface area (Å²) in [5.41, 5.74) is 3.16. The van der Waals surface area contributed by atoms with Gasteiger partial charge < -0.3 is 19.7 Å². The van der Waals surface area contributed by atoms with E-state index in [1.807, 2.05) is 19.0 Å². The van der Waals surface area contributed by atoms with Crippen molar-refractivity contribution in [3.05, 3.63) is 30.1 Å². The van der Waals surface area contributed by atoms with E-state index in [0.717, 1.165) is 48.8 Å². The molecule has 2 aromatic rings. The molecule has 6 nitrogen and oxygen atoms in total. The Morgan fingerprint density at radius 3 is 2.38 bits per heavy atom. The zero-order chi connectivity index (χ0) is 20.8. The van der Waals surface area contributed by atoms with Crippen LogP contribution in [0, 0.1) is 5.92 Å². The van der Waals surface area contributed by atoms with Gasteiger partial charge in [0.25, 0.3) is 0 Å². The molecule has 156 valence electrons. The van der Waals surface area contributed by atoms with E-state index in [4.69, 9.17) is 4.98 Å². The number of nitrogens with zero attached hydrogens (tertiary/aromatic N) is 4. The van der Waals surface area contributed by atoms with Crippen LogP contribution in [0.2, 0.25) is 0 Å². The molecule has 2 heterocycles. The second-order valence-corrected chi connectivity index (χ2v) is 9.58. The number of hydrogen-bond acceptors (Lipinski definition) is 4. The molecule has 0 atom stereocenters. The number of benzene rings is 1. The molecule has 2 aliphatic rings. The van der Waals surface area contributed by atoms with Crippen LogP contribution in [0.1, 0.15) is 45.9 Å². The third-order valence-corrected chi connectivity index (χ3v) is 5.89. The number of imidazole rings is 1. The average molecular weight is 396 g/mol. The highest BCUT2D eigenvalue weighted by molar-refractivity contribution is 5.80. The smallest absolute Gasteiger partial charge is 0.226 e. The first-order chi connectivity index (χ1) is 13.7. The number of aromatic nitrogens is 2. The predicted octanol–water partition coefficient (Wildman–Crippen LogP) is 3.97. The summed E-state index contributed by atoms with van der Waals surface area (Å²) in [6.45, 7) is 8.65. The minimum atomic E-state index is -0.0754. The van der Waals surface area contributed by atoms with Crippen LogP contribution in [0.3, 0.4) is 0 Å². The molecule has 1 fully saturated rings. The van der Waals surface area contributed by atoms with Crippen molar-refractivity contribution in [2.75, 3.05) is 30.9 Å². The Balaban J connectivity index is 1.68. The van der Waals surface area contributed by atoms with Gasteiger partial charge in [-0.15, -0.1) is 0 Å². The summed E-state index contributed by atoms with van der Waals surface area (Å²) in [5, 5.41) is 3.67. The molecule has 1 aromatic carbocycles. The SMILES string of the molecule is CN(C)c1ccc(-c2nc3n(c2NC(C)(C)C)CCN(C(=O)C2CCC2)C3)cc1. The van der Waals surface area contributed by atoms with Gasteiger partial charge in [-0.1, -0.05) is 18.6 Å². The van der Waals surface area contributed by atoms with E-state index in [0.29, 0.717) is 12.5 Å². The van der Waals surface area contributed by atoms with Crippen molar-refractivity contribution in [2.24, 2.45) is 5.92 Å². The number of fused-ring (bicyclic) bond motifs is 1. The first-order valence-electron chi connectivity index (χ1n) is 10.7. The topological polar surface area (TPSA) is 53.4 Å². The lowest BCUT2D eigenvalue weighted by atomic mass is 9.84. The largest absolute Gasteiger partial charge is 0.378 e. The molecule has 1 amide bonds. The first kappa shape index (κ1) is 19.8. The molecule has 0 spiro atoms. The van der Waals surface area contributed by atoms with Crippen molar-refractivity contribution in [3.8, 4) is 11.3 Å². The van der Waals surface area contributed by atoms with Crippen molar-refractivity contribution in [1.29, 1.82) is 0 Å². The van der Waals surface area contributed by atoms with E-state index in [9.17, 15) is 4.79 Å². The normalized spacial score (nSPS) is 16.9. The van der Waals surface area contributed by atoms with Crippen LogP contribution in [0.5, 0.6) is 0 Å². The van der Waals surface area contributed by atoms with E-state index in [1.54, 1.807) is 0 Å². The van der Waals surface area contributed by atoms with E-state index in [-0.39, 0.29) is 11.5 Å². The van der Waals surface area contributed by atoms with Crippen molar-refractivity contribution in [2.45, 2.75) is 58.7 Å². The van der Waals surface area contributed by atoms with Gasteiger partial charge in [0, 0.05) is 49.9 Å². The highest BCUT2D eigenvalue weighted by atomic mass is 16.2. The summed E-state index contributed by atoms with van der Waals surface area (Å²) in [5.74, 6) is 2.58. The van der Waals surface area contributed by atoms with E-state index in [1.165, 1.54) is 12.1 Å². The Labute approximate surface area is 173 Å². The average Bonchev–Trinajstić information content (AvgIpc) is 2.96. The van der Waals surface area contributed by atoms with Crippen molar-refractivity contribution >= 4 is 17.4 Å². The molecule has 1 saturated carbocycles. The lowest BCUT2D eigenvalue weighted by Crippen LogP contribution is -2.43. The first-order valence-corrected chi connectivity index (χ1v) is 10.7. The standard InChI is InChI=1S/C23H33N5O/c1-23(2,3)25-21-20(16-9-11-18(12-10-16)26(4)5)24-19-15-27(13-14-28(19)21)22(29)17-7-6-8-17/h9-12,17,25H,6-8,13-15H2,1-5H3. The predicted molar refractivity (Wildman–Crippen MR) is 118 cm³/mol. The summed E-state index contributed by atoms with van der Waals surface area (Å²) < 4.78 is 2.27. The summed E-state index contributed by atoms with van der Waals surface area (Å²) >= 11 is 0. The Kier molecular flexibility index (Phi) is 5.05. The molecule has 0 saturated heterocycles. The summed E-state index contributed by atoms with van der Waals surface area (Å²) in [7, 11) is 4.09. The van der Waals surface area contributed by atoms with Crippen molar-refractivity contribution < 1.29 is 4.79 Å². The Morgan fingerprint density at radius 2 is 1.83 bits per heavy atom. The second-order valence-electron chi connectivity index (χ2n) is 9.58. The molecule has 0 bridgehead atoms. The third kappa shape index (κ3) is 3.98. The molecule has 1 aliphatic carbocycles. The maximum atomic E-state index is 12.8. The molecule has 1 aliphatic heterocycles. The van der Waals surface area contributed by atoms with Crippen LogP contribution >= 0.6 is 0 Å². The van der Waals surface area contributed by atoms with Gasteiger partial charge in [0.2, 0.25) is 5.91 Å². The number of carbonyl (C=O) groups excluding carboxylic acids is 1. The fourth-order valence-corrected chi connectivity index (χ4v) is 4.03. The number of carbonyl (C=O) groups is 1. The van der Waals surface area contributed by atoms with Crippen LogP contribution in [0.25, 0.3) is 11.3 Å². The van der Waals surface area contributed by atoms with E-state index >= 15 is 0 Å². The molecular formula is C23H33N5O. The Hall–Kier alpha value is -2.50. The fraction of sp³-hybridized carbons (Fsp3) is 0.565. The molecule has 4 rings (SSSR count). The molecule has 0 radical (unpaired) electrons. The minimum Gasteiger partial charge on any atom is -0.378 e. The summed E-state index contributed by atoms with van der Waals surface area (Å²) in [4.78, 5) is 21.9. The maximum Gasteiger partial charge on any atom is 0.226 e. The van der Waals surface area contributed by atoms with Gasteiger partial charge in [0.1, 0.15) is 17.3 Å². The zero-order valence-corrected chi connectivity index (χ0v) is 18.3. The third-order valence-electron chi connectivity index (χ3n) is 5.89. The number of rotatable bonds is 4. The summed E-state index contributed by atoms with van der Waals surface area (Å²) in [6, 6.07) is 8.52. The van der Waals surface area contributed by atoms with Crippen molar-refractivity contribution in [3.63, 3.8) is 0 Å². The van der Waals surface area contributed by atoms with E-state index in [2.05, 4.69) is 59.8 Å². The van der Waals surface area contributed by atoms with Gasteiger partial charge in [-0.25, -0.2) is 4.98 Å². The monoisotopic (exact) mass is 395 g/mol. The van der Waals surface area contributed by atoms with Gasteiger partial charge in [0.05, 0.1) is 6.54 Å². The number of hydrogen-bond donors (Lipinski definition) is 1. The van der Waals surface area contributed by atoms with Crippen LogP contribution in [-0.2, 0) is 17.9 Å². The minimum absolute atomic E-state index is 0.0754. The van der Waals surface area contributed by atoms with E-state index < -0.39 is 0 Å². The van der Waals surface area contributed by atoms with Gasteiger partial charge in [-0.2, -0.15) is 0 Å². The molecule has 0 unspecified atom stereocenters. The molecule has 1 N–H and O–H groups in total. The fourth-order valence-electron chi connectivity index (χ4n) is 4.03. The lowest BCUT2D eigenvalue weighted by Gasteiger charge is -2.35. The number of anilines is 2. The van der Waals surface area contributed by atoms with Gasteiger partial charge in [-0.3, -0.25) is 4.79 Å². The highest BCUT2D eigenvalue weighted by Gasteiger charge is 2.33. The van der Waals surface area contributed by atoms with Gasteiger partial charge >= 0.3 is 0 Å². The molecule has 6 heteroatoms. The Bertz CT molecular complexity index is 887. The molecular weight excluding hydrogens is 362 g/mol. The van der Waals surface area contributed by atoms with Crippen LogP contribution in [-0.4, -0.2) is 46.5 Å². The summed E-state index contributed by atoms with van der Waals surface area (Å²) in [6.07, 6.45) is 3.28. The van der Waals surface area contributed by atoms with Crippen LogP contribution in [0.4, 0.5) is 11.5 Å². The molecule has 29 heavy (non-hydrogen) atoms. The lowest BCUT2D eigenvalue weighted by molar-refractivity contribution is -0.139. The number of nitrogens with one attached hydrogen (secondary N) is 1. The van der Waals surface area contributed by atoms with Crippen LogP contribution < -0.4 is 10.2 Å². The van der Waals surface area contributed by atoms with Gasteiger partial charge in [0.15, 0.2) is 0 Å². The maximum absolute atomic E-state index is 12.8.